The highest BCUT2D eigenvalue weighted by Crippen LogP contribution is 2.11. The van der Waals surface area contributed by atoms with E-state index in [9.17, 15) is 19.2 Å². The highest BCUT2D eigenvalue weighted by atomic mass is 16.5. The van der Waals surface area contributed by atoms with Crippen LogP contribution in [0.1, 0.15) is 20.8 Å². The zero-order chi connectivity index (χ0) is 18.8. The number of hydrogen-bond acceptors (Lipinski definition) is 6. The van der Waals surface area contributed by atoms with Crippen molar-refractivity contribution in [3.8, 4) is 0 Å². The molecule has 0 spiro atoms. The van der Waals surface area contributed by atoms with Crippen LogP contribution in [0.25, 0.3) is 0 Å². The van der Waals surface area contributed by atoms with E-state index in [1.807, 2.05) is 6.92 Å². The molecule has 0 aromatic carbocycles. The van der Waals surface area contributed by atoms with Crippen molar-refractivity contribution in [2.24, 2.45) is 0 Å². The molecule has 1 fully saturated rings. The van der Waals surface area contributed by atoms with Crippen LogP contribution in [0.3, 0.4) is 0 Å². The monoisotopic (exact) mass is 352 g/mol. The van der Waals surface area contributed by atoms with Crippen LogP contribution >= 0.6 is 0 Å². The first-order valence-corrected chi connectivity index (χ1v) is 8.18. The quantitative estimate of drug-likeness (QED) is 0.504. The molecule has 0 saturated carbocycles. The Labute approximate surface area is 147 Å². The van der Waals surface area contributed by atoms with E-state index in [2.05, 4.69) is 0 Å². The molecule has 2 amide bonds. The Morgan fingerprint density at radius 2 is 1.40 bits per heavy atom. The molecular weight excluding hydrogens is 328 g/mol. The summed E-state index contributed by atoms with van der Waals surface area (Å²) in [5.74, 6) is -1.76. The molecule has 25 heavy (non-hydrogen) atoms. The highest BCUT2D eigenvalue weighted by molar-refractivity contribution is 5.96. The van der Waals surface area contributed by atoms with Gasteiger partial charge in [-0.05, 0) is 20.8 Å². The van der Waals surface area contributed by atoms with Gasteiger partial charge < -0.3 is 19.3 Å². The SMILES string of the molecule is CCOC(=O)/C=C/C(=O)N1CCN(C(=O)/C=C/C(=O)OCC)[C@H](C)C1. The molecule has 0 N–H and O–H groups in total. The minimum absolute atomic E-state index is 0.215. The molecule has 1 saturated heterocycles. The molecule has 1 heterocycles. The van der Waals surface area contributed by atoms with Gasteiger partial charge in [0.05, 0.1) is 13.2 Å². The summed E-state index contributed by atoms with van der Waals surface area (Å²) in [6.07, 6.45) is 4.53. The summed E-state index contributed by atoms with van der Waals surface area (Å²) in [4.78, 5) is 49.8. The molecule has 0 unspecified atom stereocenters. The molecule has 8 nitrogen and oxygen atoms in total. The average Bonchev–Trinajstić information content (AvgIpc) is 2.58. The lowest BCUT2D eigenvalue weighted by Crippen LogP contribution is -2.54. The maximum atomic E-state index is 12.1. The van der Waals surface area contributed by atoms with Crippen molar-refractivity contribution in [3.05, 3.63) is 24.3 Å². The third-order valence-electron chi connectivity index (χ3n) is 3.52. The van der Waals surface area contributed by atoms with Crippen molar-refractivity contribution in [2.45, 2.75) is 26.8 Å². The van der Waals surface area contributed by atoms with Crippen LogP contribution in [0, 0.1) is 0 Å². The summed E-state index contributed by atoms with van der Waals surface area (Å²) in [5.41, 5.74) is 0. The molecule has 0 aliphatic carbocycles. The van der Waals surface area contributed by atoms with E-state index in [-0.39, 0.29) is 31.1 Å². The fourth-order valence-electron chi connectivity index (χ4n) is 2.35. The summed E-state index contributed by atoms with van der Waals surface area (Å²) in [6.45, 7) is 6.68. The predicted octanol–water partition coefficient (Wildman–Crippen LogP) is 0.284. The van der Waals surface area contributed by atoms with E-state index >= 15 is 0 Å². The molecule has 1 aliphatic rings. The smallest absolute Gasteiger partial charge is 0.330 e. The number of hydrogen-bond donors (Lipinski definition) is 0. The Morgan fingerprint density at radius 1 is 0.880 bits per heavy atom. The van der Waals surface area contributed by atoms with Gasteiger partial charge in [0.2, 0.25) is 11.8 Å². The second-order valence-corrected chi connectivity index (χ2v) is 5.34. The fraction of sp³-hybridized carbons (Fsp3) is 0.529. The molecule has 8 heteroatoms. The number of carbonyl (C=O) groups is 4. The molecule has 1 aliphatic heterocycles. The second-order valence-electron chi connectivity index (χ2n) is 5.34. The summed E-state index contributed by atoms with van der Waals surface area (Å²) < 4.78 is 9.44. The third kappa shape index (κ3) is 6.78. The normalized spacial score (nSPS) is 17.8. The number of amides is 2. The number of carbonyl (C=O) groups excluding carboxylic acids is 4. The molecule has 138 valence electrons. The molecule has 0 aromatic rings. The van der Waals surface area contributed by atoms with E-state index in [4.69, 9.17) is 9.47 Å². The van der Waals surface area contributed by atoms with Crippen LogP contribution in [0.2, 0.25) is 0 Å². The standard InChI is InChI=1S/C17H24N2O6/c1-4-24-16(22)8-6-14(20)18-10-11-19(13(3)12-18)15(21)7-9-17(23)25-5-2/h6-9,13H,4-5,10-12H2,1-3H3/b8-6+,9-7+/t13-/m1/s1. The minimum Gasteiger partial charge on any atom is -0.463 e. The van der Waals surface area contributed by atoms with Crippen molar-refractivity contribution in [1.82, 2.24) is 9.80 Å². The van der Waals surface area contributed by atoms with Gasteiger partial charge in [-0.15, -0.1) is 0 Å². The van der Waals surface area contributed by atoms with Gasteiger partial charge in [0.15, 0.2) is 0 Å². The van der Waals surface area contributed by atoms with E-state index in [0.29, 0.717) is 19.6 Å². The van der Waals surface area contributed by atoms with Crippen molar-refractivity contribution in [2.75, 3.05) is 32.8 Å². The maximum absolute atomic E-state index is 12.1. The third-order valence-corrected chi connectivity index (χ3v) is 3.52. The first-order valence-electron chi connectivity index (χ1n) is 8.18. The summed E-state index contributed by atoms with van der Waals surface area (Å²) in [5, 5.41) is 0. The molecule has 1 rings (SSSR count). The van der Waals surface area contributed by atoms with Crippen LogP contribution in [-0.2, 0) is 28.7 Å². The number of rotatable bonds is 6. The molecular formula is C17H24N2O6. The van der Waals surface area contributed by atoms with Gasteiger partial charge in [0, 0.05) is 50.0 Å². The molecule has 0 radical (unpaired) electrons. The summed E-state index contributed by atoms with van der Waals surface area (Å²) in [6, 6.07) is -0.215. The largest absolute Gasteiger partial charge is 0.463 e. The van der Waals surface area contributed by atoms with E-state index in [1.165, 1.54) is 12.2 Å². The Morgan fingerprint density at radius 3 is 1.88 bits per heavy atom. The van der Waals surface area contributed by atoms with E-state index in [0.717, 1.165) is 12.2 Å². The number of piperazine rings is 1. The zero-order valence-electron chi connectivity index (χ0n) is 14.8. The highest BCUT2D eigenvalue weighted by Gasteiger charge is 2.28. The fourth-order valence-corrected chi connectivity index (χ4v) is 2.35. The van der Waals surface area contributed by atoms with Gasteiger partial charge in [-0.2, -0.15) is 0 Å². The second kappa shape index (κ2) is 10.3. The summed E-state index contributed by atoms with van der Waals surface area (Å²) in [7, 11) is 0. The van der Waals surface area contributed by atoms with Gasteiger partial charge >= 0.3 is 11.9 Å². The van der Waals surface area contributed by atoms with Crippen LogP contribution in [0.15, 0.2) is 24.3 Å². The van der Waals surface area contributed by atoms with E-state index in [1.54, 1.807) is 23.6 Å². The molecule has 1 atom stereocenters. The summed E-state index contributed by atoms with van der Waals surface area (Å²) >= 11 is 0. The first-order chi connectivity index (χ1) is 11.9. The Balaban J connectivity index is 2.56. The Bertz CT molecular complexity index is 569. The lowest BCUT2D eigenvalue weighted by atomic mass is 10.1. The van der Waals surface area contributed by atoms with Crippen LogP contribution in [0.5, 0.6) is 0 Å². The zero-order valence-corrected chi connectivity index (χ0v) is 14.8. The number of esters is 2. The van der Waals surface area contributed by atoms with Crippen molar-refractivity contribution < 1.29 is 28.7 Å². The Hall–Kier alpha value is -2.64. The van der Waals surface area contributed by atoms with Gasteiger partial charge in [0.1, 0.15) is 0 Å². The first kappa shape index (κ1) is 20.4. The number of nitrogens with zero attached hydrogens (tertiary/aromatic N) is 2. The predicted molar refractivity (Wildman–Crippen MR) is 89.3 cm³/mol. The van der Waals surface area contributed by atoms with Crippen molar-refractivity contribution in [1.29, 1.82) is 0 Å². The lowest BCUT2D eigenvalue weighted by Gasteiger charge is -2.39. The van der Waals surface area contributed by atoms with Crippen molar-refractivity contribution >= 4 is 23.8 Å². The lowest BCUT2D eigenvalue weighted by molar-refractivity contribution is -0.139. The topological polar surface area (TPSA) is 93.2 Å². The number of ether oxygens (including phenoxy) is 2. The van der Waals surface area contributed by atoms with Crippen LogP contribution < -0.4 is 0 Å². The van der Waals surface area contributed by atoms with Crippen molar-refractivity contribution in [3.63, 3.8) is 0 Å². The van der Waals surface area contributed by atoms with Gasteiger partial charge in [-0.1, -0.05) is 0 Å². The van der Waals surface area contributed by atoms with Crippen LogP contribution in [0.4, 0.5) is 0 Å². The van der Waals surface area contributed by atoms with Gasteiger partial charge in [-0.25, -0.2) is 9.59 Å². The Kier molecular flexibility index (Phi) is 8.38. The van der Waals surface area contributed by atoms with Crippen LogP contribution in [-0.4, -0.2) is 72.4 Å². The molecule has 0 bridgehead atoms. The van der Waals surface area contributed by atoms with Gasteiger partial charge in [0.25, 0.3) is 0 Å². The average molecular weight is 352 g/mol. The maximum Gasteiger partial charge on any atom is 0.330 e. The minimum atomic E-state index is -0.568. The van der Waals surface area contributed by atoms with Gasteiger partial charge in [-0.3, -0.25) is 9.59 Å². The molecule has 0 aromatic heterocycles. The van der Waals surface area contributed by atoms with E-state index < -0.39 is 11.9 Å².